The predicted octanol–water partition coefficient (Wildman–Crippen LogP) is 4.02. The molecule has 19 heteroatoms. The molecule has 0 bridgehead atoms. The number of ether oxygens (including phenoxy) is 2. The predicted molar refractivity (Wildman–Crippen MR) is 189 cm³/mol. The molecule has 0 spiro atoms. The van der Waals surface area contributed by atoms with Gasteiger partial charge in [0.15, 0.2) is 11.1 Å². The van der Waals surface area contributed by atoms with Crippen LogP contribution < -0.4 is 15.1 Å². The van der Waals surface area contributed by atoms with Gasteiger partial charge in [0.05, 0.1) is 32.1 Å². The third-order valence-electron chi connectivity index (χ3n) is 8.79. The van der Waals surface area contributed by atoms with Crippen LogP contribution in [0.4, 0.5) is 0 Å². The topological polar surface area (TPSA) is 225 Å². The number of nitrogens with one attached hydrogen (secondary N) is 2. The minimum atomic E-state index is -4.50. The number of aromatic nitrogens is 3. The first kappa shape index (κ1) is 40.5. The van der Waals surface area contributed by atoms with E-state index < -0.39 is 65.3 Å². The summed E-state index contributed by atoms with van der Waals surface area (Å²) in [6.07, 6.45) is -0.0437. The van der Waals surface area contributed by atoms with Crippen LogP contribution in [0.1, 0.15) is 44.9 Å². The van der Waals surface area contributed by atoms with Crippen LogP contribution in [0.15, 0.2) is 79.1 Å². The second-order valence-corrected chi connectivity index (χ2v) is 15.7. The number of aliphatic hydroxyl groups is 2. The number of nitrogens with zero attached hydrogens (tertiary/aromatic N) is 3. The van der Waals surface area contributed by atoms with Crippen LogP contribution in [-0.2, 0) is 55.9 Å². The molecule has 2 aromatic carbocycles. The molecule has 5 N–H and O–H groups in total. The van der Waals surface area contributed by atoms with Gasteiger partial charge in [0.1, 0.15) is 42.6 Å². The number of hydrogen-bond acceptors (Lipinski definition) is 13. The molecular formula is C34H45N5O12P2. The molecule has 6 atom stereocenters. The number of esters is 1. The smallest absolute Gasteiger partial charge is 0.464 e. The van der Waals surface area contributed by atoms with Crippen LogP contribution in [0.3, 0.4) is 0 Å². The van der Waals surface area contributed by atoms with Gasteiger partial charge in [-0.2, -0.15) is 10.2 Å². The van der Waals surface area contributed by atoms with Crippen molar-refractivity contribution in [1.29, 1.82) is 5.41 Å². The first-order chi connectivity index (χ1) is 25.3. The first-order valence-electron chi connectivity index (χ1n) is 17.0. The van der Waals surface area contributed by atoms with Crippen molar-refractivity contribution in [3.05, 3.63) is 95.9 Å². The van der Waals surface area contributed by atoms with E-state index in [2.05, 4.69) is 10.2 Å². The Morgan fingerprint density at radius 3 is 2.42 bits per heavy atom. The fourth-order valence-electron chi connectivity index (χ4n) is 5.48. The van der Waals surface area contributed by atoms with E-state index in [1.807, 2.05) is 13.8 Å². The average Bonchev–Trinajstić information content (AvgIpc) is 3.72. The summed E-state index contributed by atoms with van der Waals surface area (Å²) in [7, 11) is -8.81. The maximum atomic E-state index is 14.0. The Morgan fingerprint density at radius 1 is 1.06 bits per heavy atom. The molecular weight excluding hydrogens is 732 g/mol. The number of phosphoric ester groups is 1. The molecule has 3 heterocycles. The highest BCUT2D eigenvalue weighted by Gasteiger charge is 2.52. The quantitative estimate of drug-likeness (QED) is 0.0670. The molecule has 0 amide bonds. The molecule has 17 nitrogen and oxygen atoms in total. The maximum absolute atomic E-state index is 14.0. The standard InChI is InChI=1S/C34H45N5O12P2/c1-4-25(5-2)18-46-33(41)24(3)37-52(43,51-27-14-10-7-11-15-27)48-20-29-31(40)34(42,21-47-29)30-17-16-28-32(35)38(22-36-39(28)30)23-50-53(44,45)49-19-26-12-8-6-9-13-26/h6-17,22,24-25,29,31,35,40,42H,4-5,18-21,23H2,1-3H3,(H,37,43)(H,44,45)/t24-,29+,31+,34-,52-/m0/s1. The molecule has 1 aliphatic rings. The van der Waals surface area contributed by atoms with E-state index in [9.17, 15) is 29.0 Å². The number of rotatable bonds is 19. The number of para-hydroxylation sites is 1. The lowest BCUT2D eigenvalue weighted by atomic mass is 9.93. The zero-order valence-electron chi connectivity index (χ0n) is 29.5. The highest BCUT2D eigenvalue weighted by atomic mass is 31.2. The van der Waals surface area contributed by atoms with Crippen molar-refractivity contribution in [3.8, 4) is 5.75 Å². The molecule has 1 fully saturated rings. The molecule has 53 heavy (non-hydrogen) atoms. The Hall–Kier alpha value is -3.73. The lowest BCUT2D eigenvalue weighted by Gasteiger charge is -2.27. The molecule has 1 unspecified atom stereocenters. The molecule has 0 aliphatic carbocycles. The van der Waals surface area contributed by atoms with Crippen LogP contribution in [0.2, 0.25) is 0 Å². The molecule has 288 valence electrons. The van der Waals surface area contributed by atoms with Gasteiger partial charge in [-0.25, -0.2) is 13.6 Å². The lowest BCUT2D eigenvalue weighted by Crippen LogP contribution is -2.44. The second-order valence-electron chi connectivity index (χ2n) is 12.5. The summed E-state index contributed by atoms with van der Waals surface area (Å²) in [4.78, 5) is 22.9. The summed E-state index contributed by atoms with van der Waals surface area (Å²) in [5.41, 5.74) is -1.35. The minimum absolute atomic E-state index is 0.0683. The number of phosphoric acid groups is 1. The Bertz CT molecular complexity index is 1980. The Morgan fingerprint density at radius 2 is 1.74 bits per heavy atom. The average molecular weight is 778 g/mol. The normalized spacial score (nSPS) is 21.6. The number of carbonyl (C=O) groups excluding carboxylic acids is 1. The summed E-state index contributed by atoms with van der Waals surface area (Å²) >= 11 is 0. The largest absolute Gasteiger partial charge is 0.474 e. The molecule has 1 aliphatic heterocycles. The summed E-state index contributed by atoms with van der Waals surface area (Å²) in [6, 6.07) is 18.8. The summed E-state index contributed by atoms with van der Waals surface area (Å²) in [5, 5.41) is 38.5. The third-order valence-corrected chi connectivity index (χ3v) is 11.3. The third kappa shape index (κ3) is 10.1. The SMILES string of the molecule is CCC(CC)COC(=O)[C@H](C)N[P@](=O)(OC[C@H]1OC[C@](O)(c2ccc3c(=N)n(COP(=O)(O)OCc4ccccc4)cnn23)[C@@H]1O)Oc1ccccc1. The minimum Gasteiger partial charge on any atom is -0.464 e. The van der Waals surface area contributed by atoms with Gasteiger partial charge in [-0.05, 0) is 42.7 Å². The molecule has 2 aromatic heterocycles. The highest BCUT2D eigenvalue weighted by molar-refractivity contribution is 7.52. The van der Waals surface area contributed by atoms with Gasteiger partial charge in [0.2, 0.25) is 0 Å². The summed E-state index contributed by atoms with van der Waals surface area (Å²) in [6.45, 7) is 4.00. The number of fused-ring (bicyclic) bond motifs is 1. The Balaban J connectivity index is 1.25. The molecule has 4 aromatic rings. The number of hydrogen-bond donors (Lipinski definition) is 5. The Labute approximate surface area is 306 Å². The summed E-state index contributed by atoms with van der Waals surface area (Å²) in [5.74, 6) is -0.284. The van der Waals surface area contributed by atoms with Crippen LogP contribution in [0.5, 0.6) is 5.75 Å². The van der Waals surface area contributed by atoms with E-state index in [0.717, 1.165) is 23.7 Å². The van der Waals surface area contributed by atoms with Gasteiger partial charge in [-0.3, -0.25) is 28.3 Å². The van der Waals surface area contributed by atoms with E-state index in [-0.39, 0.29) is 41.6 Å². The zero-order valence-corrected chi connectivity index (χ0v) is 31.3. The van der Waals surface area contributed by atoms with Crippen molar-refractivity contribution < 1.29 is 56.6 Å². The van der Waals surface area contributed by atoms with Crippen LogP contribution in [0, 0.1) is 11.3 Å². The second kappa shape index (κ2) is 17.6. The molecule has 5 rings (SSSR count). The highest BCUT2D eigenvalue weighted by Crippen LogP contribution is 2.47. The maximum Gasteiger partial charge on any atom is 0.474 e. The van der Waals surface area contributed by atoms with E-state index in [0.29, 0.717) is 5.56 Å². The monoisotopic (exact) mass is 777 g/mol. The van der Waals surface area contributed by atoms with E-state index in [4.69, 9.17) is 33.0 Å². The molecule has 0 saturated carbocycles. The Kier molecular flexibility index (Phi) is 13.4. The van der Waals surface area contributed by atoms with Crippen LogP contribution in [-0.4, -0.2) is 73.3 Å². The van der Waals surface area contributed by atoms with Crippen molar-refractivity contribution in [1.82, 2.24) is 19.3 Å². The fourth-order valence-corrected chi connectivity index (χ4v) is 7.64. The van der Waals surface area contributed by atoms with Crippen LogP contribution in [0.25, 0.3) is 5.52 Å². The van der Waals surface area contributed by atoms with Crippen LogP contribution >= 0.6 is 15.6 Å². The van der Waals surface area contributed by atoms with Gasteiger partial charge in [-0.1, -0.05) is 75.2 Å². The number of benzene rings is 2. The van der Waals surface area contributed by atoms with Crippen molar-refractivity contribution in [2.75, 3.05) is 19.8 Å². The zero-order chi connectivity index (χ0) is 38.2. The van der Waals surface area contributed by atoms with Gasteiger partial charge in [0.25, 0.3) is 0 Å². The number of carbonyl (C=O) groups is 1. The van der Waals surface area contributed by atoms with Gasteiger partial charge < -0.3 is 29.1 Å². The van der Waals surface area contributed by atoms with Crippen molar-refractivity contribution in [2.24, 2.45) is 5.92 Å². The number of aliphatic hydroxyl groups excluding tert-OH is 1. The fraction of sp³-hybridized carbons (Fsp3) is 0.441. The molecule has 1 saturated heterocycles. The van der Waals surface area contributed by atoms with Gasteiger partial charge in [-0.15, -0.1) is 0 Å². The van der Waals surface area contributed by atoms with E-state index in [1.54, 1.807) is 60.7 Å². The van der Waals surface area contributed by atoms with Crippen molar-refractivity contribution >= 4 is 27.1 Å². The van der Waals surface area contributed by atoms with Gasteiger partial charge >= 0.3 is 21.5 Å². The van der Waals surface area contributed by atoms with Gasteiger partial charge in [0, 0.05) is 0 Å². The van der Waals surface area contributed by atoms with E-state index in [1.165, 1.54) is 23.6 Å². The van der Waals surface area contributed by atoms with E-state index >= 15 is 0 Å². The lowest BCUT2D eigenvalue weighted by molar-refractivity contribution is -0.146. The first-order valence-corrected chi connectivity index (χ1v) is 20.0. The summed E-state index contributed by atoms with van der Waals surface area (Å²) < 4.78 is 61.5. The molecule has 0 radical (unpaired) electrons. The van der Waals surface area contributed by atoms with Crippen molar-refractivity contribution in [3.63, 3.8) is 0 Å². The van der Waals surface area contributed by atoms with Crippen molar-refractivity contribution in [2.45, 2.75) is 70.8 Å².